The van der Waals surface area contributed by atoms with Crippen LogP contribution in [0.2, 0.25) is 0 Å². The Bertz CT molecular complexity index is 1060. The number of aromatic nitrogens is 4. The molecule has 0 radical (unpaired) electrons. The zero-order chi connectivity index (χ0) is 22.4. The van der Waals surface area contributed by atoms with Crippen LogP contribution in [0.25, 0.3) is 10.9 Å². The number of hydrogen-bond donors (Lipinski definition) is 2. The first-order chi connectivity index (χ1) is 14.9. The topological polar surface area (TPSA) is 119 Å². The van der Waals surface area contributed by atoms with Gasteiger partial charge in [-0.3, -0.25) is 14.6 Å². The number of fused-ring (bicyclic) bond motifs is 1. The number of amides is 2. The number of nitrogens with zero attached hydrogens (tertiary/aromatic N) is 5. The van der Waals surface area contributed by atoms with E-state index >= 15 is 0 Å². The molecule has 1 atom stereocenters. The van der Waals surface area contributed by atoms with Gasteiger partial charge in [0, 0.05) is 24.7 Å². The molecule has 0 aliphatic rings. The largest absolute Gasteiger partial charge is 0.343 e. The lowest BCUT2D eigenvalue weighted by atomic mass is 10.2. The number of benzene rings is 1. The predicted octanol–water partition coefficient (Wildman–Crippen LogP) is 2.62. The number of nitrogens with two attached hydrogens (primary N) is 1. The Morgan fingerprint density at radius 3 is 2.65 bits per heavy atom. The van der Waals surface area contributed by atoms with Crippen molar-refractivity contribution in [3.8, 4) is 0 Å². The van der Waals surface area contributed by atoms with Gasteiger partial charge in [0.25, 0.3) is 0 Å². The lowest BCUT2D eigenvalue weighted by Crippen LogP contribution is -2.32. The minimum atomic E-state index is -0.464. The van der Waals surface area contributed by atoms with E-state index in [1.807, 2.05) is 44.2 Å². The van der Waals surface area contributed by atoms with E-state index in [1.165, 1.54) is 28.2 Å². The molecule has 0 fully saturated rings. The molecule has 0 saturated heterocycles. The molecule has 0 saturated carbocycles. The lowest BCUT2D eigenvalue weighted by Gasteiger charge is -2.17. The normalized spacial score (nSPS) is 12.0. The van der Waals surface area contributed by atoms with Crippen LogP contribution < -0.4 is 11.2 Å². The average molecular weight is 460 g/mol. The van der Waals surface area contributed by atoms with Crippen LogP contribution in [0.1, 0.15) is 20.8 Å². The van der Waals surface area contributed by atoms with Crippen LogP contribution in [0.4, 0.5) is 5.69 Å². The van der Waals surface area contributed by atoms with Gasteiger partial charge in [-0.25, -0.2) is 4.68 Å². The monoisotopic (exact) mass is 459 g/mol. The molecule has 3 N–H and O–H groups in total. The summed E-state index contributed by atoms with van der Waals surface area (Å²) < 4.78 is 1.32. The van der Waals surface area contributed by atoms with E-state index in [0.29, 0.717) is 29.1 Å². The van der Waals surface area contributed by atoms with Crippen LogP contribution in [0.5, 0.6) is 0 Å². The summed E-state index contributed by atoms with van der Waals surface area (Å²) in [5.74, 6) is 6.15. The number of nitrogen functional groups attached to an aromatic ring is 1. The summed E-state index contributed by atoms with van der Waals surface area (Å²) in [6.07, 6.45) is 1.71. The standard InChI is InChI=1S/C20H25N7O2S2/c1-4-26(5-2)17(28)12-30-19-24-25-20(27(19)21)31-13(3)18(29)23-16-10-6-9-15-14(16)8-7-11-22-15/h6-11,13H,4-5,12,21H2,1-3H3,(H,23,29). The number of thioether (sulfide) groups is 2. The van der Waals surface area contributed by atoms with Crippen LogP contribution in [0.3, 0.4) is 0 Å². The van der Waals surface area contributed by atoms with Gasteiger partial charge in [-0.05, 0) is 45.0 Å². The van der Waals surface area contributed by atoms with Crippen LogP contribution in [-0.2, 0) is 9.59 Å². The minimum absolute atomic E-state index is 0.0181. The minimum Gasteiger partial charge on any atom is -0.343 e. The quantitative estimate of drug-likeness (QED) is 0.370. The Kier molecular flexibility index (Phi) is 7.75. The molecule has 2 aromatic heterocycles. The molecule has 0 bridgehead atoms. The molecule has 0 aliphatic carbocycles. The maximum atomic E-state index is 12.7. The fourth-order valence-corrected chi connectivity index (χ4v) is 4.48. The zero-order valence-corrected chi connectivity index (χ0v) is 19.2. The van der Waals surface area contributed by atoms with Gasteiger partial charge < -0.3 is 16.1 Å². The second-order valence-corrected chi connectivity index (χ2v) is 8.87. The van der Waals surface area contributed by atoms with Crippen molar-refractivity contribution >= 4 is 51.9 Å². The molecule has 0 aliphatic heterocycles. The molecule has 11 heteroatoms. The number of anilines is 1. The Morgan fingerprint density at radius 1 is 1.16 bits per heavy atom. The first-order valence-electron chi connectivity index (χ1n) is 9.86. The van der Waals surface area contributed by atoms with Gasteiger partial charge in [-0.1, -0.05) is 29.6 Å². The highest BCUT2D eigenvalue weighted by atomic mass is 32.2. The first-order valence-corrected chi connectivity index (χ1v) is 11.7. The smallest absolute Gasteiger partial charge is 0.237 e. The summed E-state index contributed by atoms with van der Waals surface area (Å²) in [5.41, 5.74) is 1.51. The molecule has 0 spiro atoms. The Hall–Kier alpha value is -2.79. The van der Waals surface area contributed by atoms with Crippen LogP contribution >= 0.6 is 23.5 Å². The second kappa shape index (κ2) is 10.5. The van der Waals surface area contributed by atoms with Gasteiger partial charge in [0.2, 0.25) is 22.1 Å². The lowest BCUT2D eigenvalue weighted by molar-refractivity contribution is -0.128. The number of carbonyl (C=O) groups excluding carboxylic acids is 2. The van der Waals surface area contributed by atoms with Gasteiger partial charge in [-0.2, -0.15) is 0 Å². The number of hydrogen-bond acceptors (Lipinski definition) is 8. The average Bonchev–Trinajstić information content (AvgIpc) is 3.12. The van der Waals surface area contributed by atoms with Gasteiger partial charge in [0.05, 0.1) is 22.2 Å². The van der Waals surface area contributed by atoms with Crippen LogP contribution in [-0.4, -0.2) is 60.7 Å². The summed E-state index contributed by atoms with van der Waals surface area (Å²) in [7, 11) is 0. The van der Waals surface area contributed by atoms with Crippen molar-refractivity contribution in [3.63, 3.8) is 0 Å². The van der Waals surface area contributed by atoms with Gasteiger partial charge >= 0.3 is 0 Å². The summed E-state index contributed by atoms with van der Waals surface area (Å²) in [4.78, 5) is 31.0. The molecule has 31 heavy (non-hydrogen) atoms. The summed E-state index contributed by atoms with van der Waals surface area (Å²) in [6, 6.07) is 9.32. The van der Waals surface area contributed by atoms with Crippen molar-refractivity contribution in [2.45, 2.75) is 36.3 Å². The molecule has 164 valence electrons. The second-order valence-electron chi connectivity index (χ2n) is 6.61. The number of pyridine rings is 1. The highest BCUT2D eigenvalue weighted by Gasteiger charge is 2.21. The van der Waals surface area contributed by atoms with Crippen molar-refractivity contribution in [3.05, 3.63) is 36.5 Å². The third-order valence-corrected chi connectivity index (χ3v) is 6.61. The maximum absolute atomic E-state index is 12.7. The van der Waals surface area contributed by atoms with Gasteiger partial charge in [0.15, 0.2) is 0 Å². The molecule has 1 unspecified atom stereocenters. The van der Waals surface area contributed by atoms with Crippen molar-refractivity contribution in [1.29, 1.82) is 0 Å². The molecule has 3 rings (SSSR count). The Labute approximate surface area is 189 Å². The molecule has 2 amide bonds. The fraction of sp³-hybridized carbons (Fsp3) is 0.350. The Morgan fingerprint density at radius 2 is 1.90 bits per heavy atom. The van der Waals surface area contributed by atoms with Crippen molar-refractivity contribution < 1.29 is 9.59 Å². The van der Waals surface area contributed by atoms with Crippen molar-refractivity contribution in [1.82, 2.24) is 24.8 Å². The molecule has 1 aromatic carbocycles. The first kappa shape index (κ1) is 22.9. The predicted molar refractivity (Wildman–Crippen MR) is 125 cm³/mol. The Balaban J connectivity index is 1.62. The molecular formula is C20H25N7O2S2. The highest BCUT2D eigenvalue weighted by Crippen LogP contribution is 2.27. The third kappa shape index (κ3) is 5.47. The molecule has 9 nitrogen and oxygen atoms in total. The molecular weight excluding hydrogens is 434 g/mol. The van der Waals surface area contributed by atoms with E-state index in [0.717, 1.165) is 10.9 Å². The molecule has 2 heterocycles. The number of rotatable bonds is 9. The van der Waals surface area contributed by atoms with Gasteiger partial charge in [0.1, 0.15) is 0 Å². The summed E-state index contributed by atoms with van der Waals surface area (Å²) in [6.45, 7) is 6.97. The van der Waals surface area contributed by atoms with Crippen LogP contribution in [0.15, 0.2) is 46.8 Å². The summed E-state index contributed by atoms with van der Waals surface area (Å²) >= 11 is 2.43. The zero-order valence-electron chi connectivity index (χ0n) is 17.6. The van der Waals surface area contributed by atoms with E-state index in [4.69, 9.17) is 5.84 Å². The van der Waals surface area contributed by atoms with E-state index < -0.39 is 5.25 Å². The van der Waals surface area contributed by atoms with Gasteiger partial charge in [-0.15, -0.1) is 10.2 Å². The van der Waals surface area contributed by atoms with E-state index in [9.17, 15) is 9.59 Å². The SMILES string of the molecule is CCN(CC)C(=O)CSc1nnc(SC(C)C(=O)Nc2cccc3ncccc23)n1N. The fourth-order valence-electron chi connectivity index (χ4n) is 2.89. The van der Waals surface area contributed by atoms with Crippen molar-refractivity contribution in [2.75, 3.05) is 30.0 Å². The molecule has 3 aromatic rings. The van der Waals surface area contributed by atoms with E-state index in [1.54, 1.807) is 18.0 Å². The van der Waals surface area contributed by atoms with Crippen molar-refractivity contribution in [2.24, 2.45) is 0 Å². The maximum Gasteiger partial charge on any atom is 0.237 e. The van der Waals surface area contributed by atoms with Crippen LogP contribution in [0, 0.1) is 0 Å². The highest BCUT2D eigenvalue weighted by molar-refractivity contribution is 8.00. The number of nitrogens with one attached hydrogen (secondary N) is 1. The third-order valence-electron chi connectivity index (χ3n) is 4.63. The van der Waals surface area contributed by atoms with E-state index in [2.05, 4.69) is 20.5 Å². The number of carbonyl (C=O) groups is 2. The summed E-state index contributed by atoms with van der Waals surface area (Å²) in [5, 5.41) is 12.3. The van der Waals surface area contributed by atoms with E-state index in [-0.39, 0.29) is 17.6 Å².